The lowest BCUT2D eigenvalue weighted by Crippen LogP contribution is -2.31. The standard InChI is InChI=1S/C19H24N4O4S2/c1-4-22(5-2)29(26,27)16-8-6-15(7-9-16)23-12-14(10-17(23)24)18(25)21-19-20-11-13(3)28-19/h6-9,11,14H,4-5,10,12H2,1-3H3,(H,20,21,25)/t14-/m0/s1. The van der Waals surface area contributed by atoms with Crippen LogP contribution < -0.4 is 10.2 Å². The van der Waals surface area contributed by atoms with Gasteiger partial charge in [0, 0.05) is 42.8 Å². The normalized spacial score (nSPS) is 17.2. The molecule has 0 spiro atoms. The highest BCUT2D eigenvalue weighted by molar-refractivity contribution is 7.89. The Morgan fingerprint density at radius 1 is 1.28 bits per heavy atom. The fourth-order valence-electron chi connectivity index (χ4n) is 3.26. The van der Waals surface area contributed by atoms with E-state index < -0.39 is 15.9 Å². The van der Waals surface area contributed by atoms with Gasteiger partial charge in [-0.2, -0.15) is 4.31 Å². The Kier molecular flexibility index (Phi) is 6.35. The van der Waals surface area contributed by atoms with Crippen LogP contribution in [0.25, 0.3) is 0 Å². The molecule has 1 aromatic carbocycles. The van der Waals surface area contributed by atoms with Crippen molar-refractivity contribution in [3.05, 3.63) is 35.3 Å². The van der Waals surface area contributed by atoms with Crippen LogP contribution in [0.1, 0.15) is 25.1 Å². The average molecular weight is 437 g/mol. The van der Waals surface area contributed by atoms with E-state index in [1.54, 1.807) is 32.2 Å². The maximum absolute atomic E-state index is 12.6. The zero-order chi connectivity index (χ0) is 21.2. The third-order valence-corrected chi connectivity index (χ3v) is 7.73. The molecule has 1 fully saturated rings. The third kappa shape index (κ3) is 4.49. The number of thiazole rings is 1. The Morgan fingerprint density at radius 2 is 1.93 bits per heavy atom. The number of anilines is 2. The van der Waals surface area contributed by atoms with Crippen molar-refractivity contribution in [2.24, 2.45) is 5.92 Å². The molecule has 2 aromatic rings. The molecule has 0 bridgehead atoms. The summed E-state index contributed by atoms with van der Waals surface area (Å²) in [5, 5.41) is 3.27. The fraction of sp³-hybridized carbons (Fsp3) is 0.421. The number of sulfonamides is 1. The van der Waals surface area contributed by atoms with E-state index in [9.17, 15) is 18.0 Å². The second kappa shape index (κ2) is 8.60. The lowest BCUT2D eigenvalue weighted by atomic mass is 10.1. The first-order chi connectivity index (χ1) is 13.8. The minimum absolute atomic E-state index is 0.107. The summed E-state index contributed by atoms with van der Waals surface area (Å²) in [6, 6.07) is 6.22. The maximum Gasteiger partial charge on any atom is 0.243 e. The summed E-state index contributed by atoms with van der Waals surface area (Å²) in [5.41, 5.74) is 0.578. The van der Waals surface area contributed by atoms with Crippen LogP contribution in [-0.2, 0) is 19.6 Å². The second-order valence-electron chi connectivity index (χ2n) is 6.75. The van der Waals surface area contributed by atoms with E-state index in [-0.39, 0.29) is 29.7 Å². The van der Waals surface area contributed by atoms with Gasteiger partial charge in [0.15, 0.2) is 5.13 Å². The summed E-state index contributed by atoms with van der Waals surface area (Å²) < 4.78 is 26.6. The molecular weight excluding hydrogens is 412 g/mol. The van der Waals surface area contributed by atoms with Gasteiger partial charge < -0.3 is 10.2 Å². The number of benzene rings is 1. The van der Waals surface area contributed by atoms with E-state index in [0.29, 0.717) is 23.9 Å². The van der Waals surface area contributed by atoms with Crippen molar-refractivity contribution in [1.29, 1.82) is 0 Å². The monoisotopic (exact) mass is 436 g/mol. The highest BCUT2D eigenvalue weighted by Gasteiger charge is 2.35. The number of nitrogens with zero attached hydrogens (tertiary/aromatic N) is 3. The van der Waals surface area contributed by atoms with Gasteiger partial charge in [0.25, 0.3) is 0 Å². The highest BCUT2D eigenvalue weighted by atomic mass is 32.2. The molecule has 2 amide bonds. The molecule has 0 saturated carbocycles. The number of rotatable bonds is 7. The number of nitrogens with one attached hydrogen (secondary N) is 1. The van der Waals surface area contributed by atoms with Gasteiger partial charge in [-0.25, -0.2) is 13.4 Å². The summed E-state index contributed by atoms with van der Waals surface area (Å²) >= 11 is 1.38. The van der Waals surface area contributed by atoms with Crippen LogP contribution in [0.5, 0.6) is 0 Å². The quantitative estimate of drug-likeness (QED) is 0.719. The van der Waals surface area contributed by atoms with Gasteiger partial charge >= 0.3 is 0 Å². The predicted octanol–water partition coefficient (Wildman–Crippen LogP) is 2.47. The molecule has 10 heteroatoms. The van der Waals surface area contributed by atoms with Crippen molar-refractivity contribution in [3.63, 3.8) is 0 Å². The lowest BCUT2D eigenvalue weighted by Gasteiger charge is -2.20. The zero-order valence-electron chi connectivity index (χ0n) is 16.6. The number of aryl methyl sites for hydroxylation is 1. The van der Waals surface area contributed by atoms with Gasteiger partial charge in [0.1, 0.15) is 0 Å². The minimum Gasteiger partial charge on any atom is -0.312 e. The molecule has 156 valence electrons. The zero-order valence-corrected chi connectivity index (χ0v) is 18.2. The molecule has 1 aromatic heterocycles. The van der Waals surface area contributed by atoms with E-state index in [2.05, 4.69) is 10.3 Å². The number of aromatic nitrogens is 1. The average Bonchev–Trinajstić information content (AvgIpc) is 3.28. The molecule has 0 radical (unpaired) electrons. The number of hydrogen-bond acceptors (Lipinski definition) is 6. The topological polar surface area (TPSA) is 99.7 Å². The Hall–Kier alpha value is -2.30. The van der Waals surface area contributed by atoms with E-state index >= 15 is 0 Å². The molecule has 0 aliphatic carbocycles. The van der Waals surface area contributed by atoms with Crippen LogP contribution in [0, 0.1) is 12.8 Å². The summed E-state index contributed by atoms with van der Waals surface area (Å²) in [6.45, 7) is 6.50. The molecule has 8 nitrogen and oxygen atoms in total. The molecule has 1 N–H and O–H groups in total. The molecule has 3 rings (SSSR count). The predicted molar refractivity (Wildman–Crippen MR) is 112 cm³/mol. The van der Waals surface area contributed by atoms with E-state index in [1.165, 1.54) is 32.7 Å². The van der Waals surface area contributed by atoms with Crippen LogP contribution >= 0.6 is 11.3 Å². The van der Waals surface area contributed by atoms with Gasteiger partial charge in [-0.1, -0.05) is 13.8 Å². The van der Waals surface area contributed by atoms with Crippen molar-refractivity contribution in [1.82, 2.24) is 9.29 Å². The first-order valence-electron chi connectivity index (χ1n) is 9.40. The Balaban J connectivity index is 1.71. The number of amides is 2. The largest absolute Gasteiger partial charge is 0.312 e. The molecule has 1 saturated heterocycles. The fourth-order valence-corrected chi connectivity index (χ4v) is 5.39. The summed E-state index contributed by atoms with van der Waals surface area (Å²) in [6.07, 6.45) is 1.79. The first kappa shape index (κ1) is 21.4. The van der Waals surface area contributed by atoms with Crippen molar-refractivity contribution >= 4 is 44.0 Å². The Labute approximate surface area is 174 Å². The first-order valence-corrected chi connectivity index (χ1v) is 11.7. The molecule has 2 heterocycles. The minimum atomic E-state index is -3.55. The van der Waals surface area contributed by atoms with Gasteiger partial charge in [0.2, 0.25) is 21.8 Å². The van der Waals surface area contributed by atoms with E-state index in [1.807, 2.05) is 6.92 Å². The van der Waals surface area contributed by atoms with Crippen molar-refractivity contribution < 1.29 is 18.0 Å². The smallest absolute Gasteiger partial charge is 0.243 e. The Bertz CT molecular complexity index is 997. The molecule has 1 aliphatic rings. The summed E-state index contributed by atoms with van der Waals surface area (Å²) in [5.74, 6) is -0.887. The van der Waals surface area contributed by atoms with Crippen LogP contribution in [-0.4, -0.2) is 49.2 Å². The van der Waals surface area contributed by atoms with Crippen molar-refractivity contribution in [2.45, 2.75) is 32.1 Å². The van der Waals surface area contributed by atoms with E-state index in [0.717, 1.165) is 4.88 Å². The third-order valence-electron chi connectivity index (χ3n) is 4.84. The molecule has 1 atom stereocenters. The van der Waals surface area contributed by atoms with Gasteiger partial charge in [-0.3, -0.25) is 9.59 Å². The van der Waals surface area contributed by atoms with Crippen LogP contribution in [0.2, 0.25) is 0 Å². The maximum atomic E-state index is 12.6. The molecule has 1 aliphatic heterocycles. The van der Waals surface area contributed by atoms with E-state index in [4.69, 9.17) is 0 Å². The second-order valence-corrected chi connectivity index (χ2v) is 9.93. The molecular formula is C19H24N4O4S2. The number of carbonyl (C=O) groups excluding carboxylic acids is 2. The van der Waals surface area contributed by atoms with Crippen LogP contribution in [0.15, 0.2) is 35.4 Å². The number of carbonyl (C=O) groups is 2. The van der Waals surface area contributed by atoms with Gasteiger partial charge in [0.05, 0.1) is 10.8 Å². The molecule has 29 heavy (non-hydrogen) atoms. The number of hydrogen-bond donors (Lipinski definition) is 1. The highest BCUT2D eigenvalue weighted by Crippen LogP contribution is 2.28. The summed E-state index contributed by atoms with van der Waals surface area (Å²) in [7, 11) is -3.55. The van der Waals surface area contributed by atoms with Gasteiger partial charge in [-0.05, 0) is 31.2 Å². The Morgan fingerprint density at radius 3 is 2.48 bits per heavy atom. The van der Waals surface area contributed by atoms with Crippen molar-refractivity contribution in [3.8, 4) is 0 Å². The summed E-state index contributed by atoms with van der Waals surface area (Å²) in [4.78, 5) is 31.7. The van der Waals surface area contributed by atoms with Gasteiger partial charge in [-0.15, -0.1) is 11.3 Å². The molecule has 0 unspecified atom stereocenters. The van der Waals surface area contributed by atoms with Crippen LogP contribution in [0.4, 0.5) is 10.8 Å². The van der Waals surface area contributed by atoms with Crippen molar-refractivity contribution in [2.75, 3.05) is 29.9 Å². The van der Waals surface area contributed by atoms with Crippen LogP contribution in [0.3, 0.4) is 0 Å². The SMILES string of the molecule is CCN(CC)S(=O)(=O)c1ccc(N2C[C@@H](C(=O)Nc3ncc(C)s3)CC2=O)cc1. The lowest BCUT2D eigenvalue weighted by molar-refractivity contribution is -0.122.